The van der Waals surface area contributed by atoms with Crippen molar-refractivity contribution in [2.45, 2.75) is 19.6 Å². The van der Waals surface area contributed by atoms with Gasteiger partial charge in [0, 0.05) is 24.5 Å². The second kappa shape index (κ2) is 6.01. The SMILES string of the molecule is COC(=O)c1cnc(N2Cc3ccccc3OC(C)C2)nc1. The number of benzene rings is 1. The van der Waals surface area contributed by atoms with E-state index in [-0.39, 0.29) is 6.10 Å². The molecule has 114 valence electrons. The molecular weight excluding hydrogens is 282 g/mol. The highest BCUT2D eigenvalue weighted by Gasteiger charge is 2.22. The van der Waals surface area contributed by atoms with Crippen molar-refractivity contribution < 1.29 is 14.3 Å². The van der Waals surface area contributed by atoms with Gasteiger partial charge >= 0.3 is 5.97 Å². The van der Waals surface area contributed by atoms with Gasteiger partial charge in [0.1, 0.15) is 11.9 Å². The maximum Gasteiger partial charge on any atom is 0.341 e. The molecule has 1 aromatic carbocycles. The van der Waals surface area contributed by atoms with Crippen molar-refractivity contribution in [3.05, 3.63) is 47.8 Å². The van der Waals surface area contributed by atoms with Crippen LogP contribution in [0.3, 0.4) is 0 Å². The molecule has 2 aromatic rings. The number of esters is 1. The van der Waals surface area contributed by atoms with Gasteiger partial charge in [-0.2, -0.15) is 0 Å². The molecule has 0 amide bonds. The topological polar surface area (TPSA) is 64.5 Å². The van der Waals surface area contributed by atoms with E-state index in [1.165, 1.54) is 19.5 Å². The zero-order valence-corrected chi connectivity index (χ0v) is 12.5. The normalized spacial score (nSPS) is 17.2. The smallest absolute Gasteiger partial charge is 0.341 e. The average molecular weight is 299 g/mol. The van der Waals surface area contributed by atoms with Crippen LogP contribution in [-0.4, -0.2) is 35.7 Å². The largest absolute Gasteiger partial charge is 0.489 e. The molecular formula is C16H17N3O3. The molecule has 3 rings (SSSR count). The van der Waals surface area contributed by atoms with Crippen LogP contribution >= 0.6 is 0 Å². The van der Waals surface area contributed by atoms with Gasteiger partial charge in [0.05, 0.1) is 19.2 Å². The molecule has 0 saturated heterocycles. The maximum absolute atomic E-state index is 11.4. The lowest BCUT2D eigenvalue weighted by atomic mass is 10.2. The molecule has 6 heteroatoms. The summed E-state index contributed by atoms with van der Waals surface area (Å²) in [5.74, 6) is 1.02. The second-order valence-corrected chi connectivity index (χ2v) is 5.18. The highest BCUT2D eigenvalue weighted by Crippen LogP contribution is 2.26. The Morgan fingerprint density at radius 3 is 2.77 bits per heavy atom. The number of carbonyl (C=O) groups excluding carboxylic acids is 1. The molecule has 6 nitrogen and oxygen atoms in total. The molecule has 2 heterocycles. The maximum atomic E-state index is 11.4. The van der Waals surface area contributed by atoms with Crippen molar-refractivity contribution >= 4 is 11.9 Å². The number of fused-ring (bicyclic) bond motifs is 1. The highest BCUT2D eigenvalue weighted by atomic mass is 16.5. The van der Waals surface area contributed by atoms with Crippen LogP contribution in [0.15, 0.2) is 36.7 Å². The number of carbonyl (C=O) groups is 1. The van der Waals surface area contributed by atoms with Gasteiger partial charge in [0.15, 0.2) is 0 Å². The fraction of sp³-hybridized carbons (Fsp3) is 0.312. The van der Waals surface area contributed by atoms with Crippen molar-refractivity contribution in [2.75, 3.05) is 18.6 Å². The Kier molecular flexibility index (Phi) is 3.91. The monoisotopic (exact) mass is 299 g/mol. The summed E-state index contributed by atoms with van der Waals surface area (Å²) >= 11 is 0. The van der Waals surface area contributed by atoms with Crippen LogP contribution in [0.1, 0.15) is 22.8 Å². The molecule has 0 aliphatic carbocycles. The first-order valence-electron chi connectivity index (χ1n) is 7.07. The lowest BCUT2D eigenvalue weighted by Gasteiger charge is -2.21. The molecule has 1 aliphatic rings. The van der Waals surface area contributed by atoms with Crippen molar-refractivity contribution in [3.8, 4) is 5.75 Å². The third-order valence-electron chi connectivity index (χ3n) is 3.48. The van der Waals surface area contributed by atoms with Crippen LogP contribution < -0.4 is 9.64 Å². The van der Waals surface area contributed by atoms with Gasteiger partial charge in [0.25, 0.3) is 0 Å². The van der Waals surface area contributed by atoms with Gasteiger partial charge in [-0.15, -0.1) is 0 Å². The molecule has 0 radical (unpaired) electrons. The number of nitrogens with zero attached hydrogens (tertiary/aromatic N) is 3. The van der Waals surface area contributed by atoms with Crippen LogP contribution in [0.5, 0.6) is 5.75 Å². The first-order chi connectivity index (χ1) is 10.7. The Bertz CT molecular complexity index is 673. The summed E-state index contributed by atoms with van der Waals surface area (Å²) in [5.41, 5.74) is 1.43. The Labute approximate surface area is 128 Å². The zero-order valence-electron chi connectivity index (χ0n) is 12.5. The lowest BCUT2D eigenvalue weighted by molar-refractivity contribution is 0.0599. The number of aromatic nitrogens is 2. The third kappa shape index (κ3) is 2.86. The standard InChI is InChI=1S/C16H17N3O3/c1-11-9-19(10-12-5-3-4-6-14(12)22-11)16-17-7-13(8-18-16)15(20)21-2/h3-8,11H,9-10H2,1-2H3. The van der Waals surface area contributed by atoms with Gasteiger partial charge in [0.2, 0.25) is 5.95 Å². The Hall–Kier alpha value is -2.63. The van der Waals surface area contributed by atoms with Crippen LogP contribution in [0.25, 0.3) is 0 Å². The Morgan fingerprint density at radius 2 is 2.05 bits per heavy atom. The van der Waals surface area contributed by atoms with Gasteiger partial charge in [-0.1, -0.05) is 18.2 Å². The van der Waals surface area contributed by atoms with E-state index in [1.54, 1.807) is 0 Å². The Balaban J connectivity index is 1.86. The number of hydrogen-bond acceptors (Lipinski definition) is 6. The number of rotatable bonds is 2. The fourth-order valence-corrected chi connectivity index (χ4v) is 2.44. The first kappa shape index (κ1) is 14.3. The number of methoxy groups -OCH3 is 1. The first-order valence-corrected chi connectivity index (χ1v) is 7.07. The molecule has 0 spiro atoms. The number of para-hydroxylation sites is 1. The van der Waals surface area contributed by atoms with Crippen LogP contribution in [0, 0.1) is 0 Å². The summed E-state index contributed by atoms with van der Waals surface area (Å²) in [6.45, 7) is 3.35. The fourth-order valence-electron chi connectivity index (χ4n) is 2.44. The zero-order chi connectivity index (χ0) is 15.5. The van der Waals surface area contributed by atoms with Crippen molar-refractivity contribution in [1.82, 2.24) is 9.97 Å². The summed E-state index contributed by atoms with van der Waals surface area (Å²) in [4.78, 5) is 22.0. The third-order valence-corrected chi connectivity index (χ3v) is 3.48. The summed E-state index contributed by atoms with van der Waals surface area (Å²) < 4.78 is 10.6. The summed E-state index contributed by atoms with van der Waals surface area (Å²) in [5, 5.41) is 0. The van der Waals surface area contributed by atoms with E-state index >= 15 is 0 Å². The van der Waals surface area contributed by atoms with Crippen molar-refractivity contribution in [2.24, 2.45) is 0 Å². The summed E-state index contributed by atoms with van der Waals surface area (Å²) in [6.07, 6.45) is 2.99. The summed E-state index contributed by atoms with van der Waals surface area (Å²) in [7, 11) is 1.33. The van der Waals surface area contributed by atoms with E-state index < -0.39 is 5.97 Å². The molecule has 0 fully saturated rings. The minimum Gasteiger partial charge on any atom is -0.489 e. The van der Waals surface area contributed by atoms with Gasteiger partial charge in [-0.05, 0) is 13.0 Å². The number of ether oxygens (including phenoxy) is 2. The second-order valence-electron chi connectivity index (χ2n) is 5.18. The molecule has 22 heavy (non-hydrogen) atoms. The van der Waals surface area contributed by atoms with Gasteiger partial charge in [-0.25, -0.2) is 14.8 Å². The molecule has 1 unspecified atom stereocenters. The van der Waals surface area contributed by atoms with Gasteiger partial charge in [-0.3, -0.25) is 0 Å². The predicted molar refractivity (Wildman–Crippen MR) is 81.0 cm³/mol. The van der Waals surface area contributed by atoms with Crippen LogP contribution in [-0.2, 0) is 11.3 Å². The summed E-state index contributed by atoms with van der Waals surface area (Å²) in [6, 6.07) is 7.94. The highest BCUT2D eigenvalue weighted by molar-refractivity contribution is 5.88. The molecule has 0 saturated carbocycles. The molecule has 0 N–H and O–H groups in total. The van der Waals surface area contributed by atoms with Crippen LogP contribution in [0.2, 0.25) is 0 Å². The van der Waals surface area contributed by atoms with E-state index in [9.17, 15) is 4.79 Å². The quantitative estimate of drug-likeness (QED) is 0.791. The Morgan fingerprint density at radius 1 is 1.32 bits per heavy atom. The molecule has 1 atom stereocenters. The van der Waals surface area contributed by atoms with E-state index in [2.05, 4.69) is 14.7 Å². The number of anilines is 1. The minimum atomic E-state index is -0.440. The average Bonchev–Trinajstić information content (AvgIpc) is 2.72. The molecule has 1 aliphatic heterocycles. The lowest BCUT2D eigenvalue weighted by Crippen LogP contribution is -2.32. The van der Waals surface area contributed by atoms with Crippen LogP contribution in [0.4, 0.5) is 5.95 Å². The minimum absolute atomic E-state index is 0.0209. The van der Waals surface area contributed by atoms with Crippen molar-refractivity contribution in [1.29, 1.82) is 0 Å². The number of hydrogen-bond donors (Lipinski definition) is 0. The predicted octanol–water partition coefficient (Wildman–Crippen LogP) is 2.05. The van der Waals surface area contributed by atoms with Gasteiger partial charge < -0.3 is 14.4 Å². The molecule has 0 bridgehead atoms. The van der Waals surface area contributed by atoms with E-state index in [1.807, 2.05) is 36.1 Å². The molecule has 1 aromatic heterocycles. The van der Waals surface area contributed by atoms with E-state index in [0.717, 1.165) is 11.3 Å². The van der Waals surface area contributed by atoms with E-state index in [0.29, 0.717) is 24.6 Å². The van der Waals surface area contributed by atoms with Crippen molar-refractivity contribution in [3.63, 3.8) is 0 Å². The van der Waals surface area contributed by atoms with E-state index in [4.69, 9.17) is 4.74 Å².